The molecule has 0 bridgehead atoms. The van der Waals surface area contributed by atoms with E-state index in [2.05, 4.69) is 15.4 Å². The highest BCUT2D eigenvalue weighted by Gasteiger charge is 2.14. The van der Waals surface area contributed by atoms with Gasteiger partial charge < -0.3 is 5.32 Å². The molecular formula is C23H20N4O2S2. The molecule has 0 aliphatic heterocycles. The van der Waals surface area contributed by atoms with Gasteiger partial charge in [0.25, 0.3) is 5.56 Å². The van der Waals surface area contributed by atoms with Gasteiger partial charge in [-0.15, -0.1) is 22.7 Å². The Kier molecular flexibility index (Phi) is 6.49. The van der Waals surface area contributed by atoms with Crippen molar-refractivity contribution in [3.8, 4) is 20.5 Å². The van der Waals surface area contributed by atoms with E-state index >= 15 is 0 Å². The third-order valence-corrected chi connectivity index (χ3v) is 6.70. The van der Waals surface area contributed by atoms with Crippen LogP contribution in [-0.2, 0) is 11.3 Å². The van der Waals surface area contributed by atoms with Gasteiger partial charge >= 0.3 is 0 Å². The minimum atomic E-state index is -0.216. The lowest BCUT2D eigenvalue weighted by Crippen LogP contribution is -2.31. The Morgan fingerprint density at radius 1 is 1.13 bits per heavy atom. The molecule has 156 valence electrons. The Morgan fingerprint density at radius 3 is 2.74 bits per heavy atom. The summed E-state index contributed by atoms with van der Waals surface area (Å²) >= 11 is 3.20. The van der Waals surface area contributed by atoms with Crippen LogP contribution in [0.1, 0.15) is 11.3 Å². The number of carbonyl (C=O) groups is 1. The monoisotopic (exact) mass is 448 g/mol. The number of rotatable bonds is 7. The first-order valence-electron chi connectivity index (χ1n) is 9.71. The van der Waals surface area contributed by atoms with E-state index in [1.807, 2.05) is 54.8 Å². The molecule has 1 aromatic carbocycles. The molecular weight excluding hydrogens is 428 g/mol. The second kappa shape index (κ2) is 9.63. The highest BCUT2D eigenvalue weighted by Crippen LogP contribution is 2.35. The number of aromatic nitrogens is 3. The number of amides is 1. The maximum absolute atomic E-state index is 12.2. The SMILES string of the molecule is Cc1nc(-c2cccs2)sc1-c1ccc(=O)n(CCNC(=O)/C=C/c2ccccc2)n1. The maximum atomic E-state index is 12.2. The van der Waals surface area contributed by atoms with Crippen LogP contribution >= 0.6 is 22.7 Å². The van der Waals surface area contributed by atoms with Crippen molar-refractivity contribution >= 4 is 34.7 Å². The maximum Gasteiger partial charge on any atom is 0.266 e. The highest BCUT2D eigenvalue weighted by atomic mass is 32.1. The molecule has 3 aromatic heterocycles. The van der Waals surface area contributed by atoms with Gasteiger partial charge in [-0.25, -0.2) is 9.67 Å². The van der Waals surface area contributed by atoms with Crippen LogP contribution < -0.4 is 10.9 Å². The van der Waals surface area contributed by atoms with Crippen LogP contribution in [0.2, 0.25) is 0 Å². The van der Waals surface area contributed by atoms with E-state index in [0.717, 1.165) is 26.0 Å². The number of thiophene rings is 1. The van der Waals surface area contributed by atoms with Crippen LogP contribution in [0, 0.1) is 6.92 Å². The molecule has 4 aromatic rings. The van der Waals surface area contributed by atoms with E-state index in [4.69, 9.17) is 0 Å². The molecule has 0 saturated heterocycles. The molecule has 0 unspecified atom stereocenters. The van der Waals surface area contributed by atoms with Crippen LogP contribution in [-0.4, -0.2) is 27.2 Å². The number of nitrogens with one attached hydrogen (secondary N) is 1. The number of nitrogens with zero attached hydrogens (tertiary/aromatic N) is 3. The lowest BCUT2D eigenvalue weighted by molar-refractivity contribution is -0.116. The van der Waals surface area contributed by atoms with Crippen LogP contribution in [0.25, 0.3) is 26.5 Å². The molecule has 6 nitrogen and oxygen atoms in total. The quantitative estimate of drug-likeness (QED) is 0.429. The smallest absolute Gasteiger partial charge is 0.266 e. The summed E-state index contributed by atoms with van der Waals surface area (Å²) in [5, 5.41) is 10.3. The number of thiazole rings is 1. The summed E-state index contributed by atoms with van der Waals surface area (Å²) in [5.74, 6) is -0.216. The Balaban J connectivity index is 1.42. The topological polar surface area (TPSA) is 76.9 Å². The van der Waals surface area contributed by atoms with Crippen LogP contribution in [0.15, 0.2) is 70.8 Å². The predicted molar refractivity (Wildman–Crippen MR) is 126 cm³/mol. The first-order valence-corrected chi connectivity index (χ1v) is 11.4. The molecule has 0 aliphatic rings. The first-order chi connectivity index (χ1) is 15.1. The van der Waals surface area contributed by atoms with Gasteiger partial charge in [-0.1, -0.05) is 36.4 Å². The van der Waals surface area contributed by atoms with Gasteiger partial charge in [0.1, 0.15) is 10.7 Å². The third kappa shape index (κ3) is 5.22. The third-order valence-electron chi connectivity index (χ3n) is 4.48. The average Bonchev–Trinajstić information content (AvgIpc) is 3.44. The predicted octanol–water partition coefficient (Wildman–Crippen LogP) is 4.23. The van der Waals surface area contributed by atoms with Gasteiger partial charge in [-0.3, -0.25) is 9.59 Å². The van der Waals surface area contributed by atoms with E-state index in [9.17, 15) is 9.59 Å². The molecule has 0 radical (unpaired) electrons. The van der Waals surface area contributed by atoms with Crippen LogP contribution in [0.4, 0.5) is 0 Å². The Morgan fingerprint density at radius 2 is 1.97 bits per heavy atom. The zero-order valence-electron chi connectivity index (χ0n) is 16.8. The zero-order valence-corrected chi connectivity index (χ0v) is 18.5. The summed E-state index contributed by atoms with van der Waals surface area (Å²) in [4.78, 5) is 31.0. The second-order valence-corrected chi connectivity index (χ2v) is 8.67. The summed E-state index contributed by atoms with van der Waals surface area (Å²) in [5.41, 5.74) is 2.32. The fourth-order valence-corrected chi connectivity index (χ4v) is 4.78. The van der Waals surface area contributed by atoms with Gasteiger partial charge in [-0.2, -0.15) is 5.10 Å². The van der Waals surface area contributed by atoms with Crippen molar-refractivity contribution in [2.24, 2.45) is 0 Å². The molecule has 1 amide bonds. The van der Waals surface area contributed by atoms with Crippen molar-refractivity contribution in [1.29, 1.82) is 0 Å². The van der Waals surface area contributed by atoms with Crippen LogP contribution in [0.5, 0.6) is 0 Å². The molecule has 1 N–H and O–H groups in total. The summed E-state index contributed by atoms with van der Waals surface area (Å²) < 4.78 is 1.38. The Labute approximate surface area is 187 Å². The van der Waals surface area contributed by atoms with Gasteiger partial charge in [0.15, 0.2) is 0 Å². The number of benzene rings is 1. The molecule has 0 fully saturated rings. The van der Waals surface area contributed by atoms with Crippen molar-refractivity contribution < 1.29 is 4.79 Å². The first kappa shape index (κ1) is 20.9. The number of carbonyl (C=O) groups excluding carboxylic acids is 1. The van der Waals surface area contributed by atoms with Gasteiger partial charge in [0.2, 0.25) is 5.91 Å². The molecule has 4 rings (SSSR count). The van der Waals surface area contributed by atoms with Crippen molar-refractivity contribution in [1.82, 2.24) is 20.1 Å². The number of aryl methyl sites for hydroxylation is 1. The van der Waals surface area contributed by atoms with E-state index in [1.54, 1.807) is 34.8 Å². The lowest BCUT2D eigenvalue weighted by atomic mass is 10.2. The van der Waals surface area contributed by atoms with Crippen molar-refractivity contribution in [3.05, 3.63) is 87.7 Å². The molecule has 3 heterocycles. The summed E-state index contributed by atoms with van der Waals surface area (Å²) in [6.45, 7) is 2.53. The minimum absolute atomic E-state index is 0.210. The minimum Gasteiger partial charge on any atom is -0.351 e. The molecule has 0 aliphatic carbocycles. The van der Waals surface area contributed by atoms with Crippen molar-refractivity contribution in [2.45, 2.75) is 13.5 Å². The fourth-order valence-electron chi connectivity index (χ4n) is 2.95. The highest BCUT2D eigenvalue weighted by molar-refractivity contribution is 7.23. The van der Waals surface area contributed by atoms with Gasteiger partial charge in [-0.05, 0) is 36.1 Å². The molecule has 0 spiro atoms. The van der Waals surface area contributed by atoms with E-state index < -0.39 is 0 Å². The average molecular weight is 449 g/mol. The van der Waals surface area contributed by atoms with Gasteiger partial charge in [0, 0.05) is 18.7 Å². The number of hydrogen-bond donors (Lipinski definition) is 1. The van der Waals surface area contributed by atoms with Crippen LogP contribution in [0.3, 0.4) is 0 Å². The van der Waals surface area contributed by atoms with Crippen molar-refractivity contribution in [2.75, 3.05) is 6.54 Å². The van der Waals surface area contributed by atoms with E-state index in [-0.39, 0.29) is 18.0 Å². The van der Waals surface area contributed by atoms with Gasteiger partial charge in [0.05, 0.1) is 22.0 Å². The Bertz CT molecular complexity index is 1260. The summed E-state index contributed by atoms with van der Waals surface area (Å²) in [6.07, 6.45) is 3.23. The fraction of sp³-hybridized carbons (Fsp3) is 0.130. The standard InChI is InChI=1S/C23H20N4O2S2/c1-16-22(31-23(25-16)19-8-5-15-30-19)18-10-12-21(29)27(26-18)14-13-24-20(28)11-9-17-6-3-2-4-7-17/h2-12,15H,13-14H2,1H3,(H,24,28)/b11-9+. The van der Waals surface area contributed by atoms with E-state index in [0.29, 0.717) is 12.2 Å². The largest absolute Gasteiger partial charge is 0.351 e. The molecule has 0 atom stereocenters. The molecule has 31 heavy (non-hydrogen) atoms. The summed E-state index contributed by atoms with van der Waals surface area (Å²) in [6, 6.07) is 16.9. The summed E-state index contributed by atoms with van der Waals surface area (Å²) in [7, 11) is 0. The molecule has 8 heteroatoms. The molecule has 0 saturated carbocycles. The van der Waals surface area contributed by atoms with Crippen molar-refractivity contribution in [3.63, 3.8) is 0 Å². The second-order valence-electron chi connectivity index (χ2n) is 6.73. The van der Waals surface area contributed by atoms with E-state index in [1.165, 1.54) is 16.8 Å². The number of hydrogen-bond acceptors (Lipinski definition) is 6. The Hall–Kier alpha value is -3.36. The lowest BCUT2D eigenvalue weighted by Gasteiger charge is -2.07. The zero-order chi connectivity index (χ0) is 21.6. The normalized spacial score (nSPS) is 11.1.